The standard InChI is InChI=1S/C12H13N5O3/c1-13-8-2-3-11(17(19)20)10(4-8)12(18)15-6-9-5-14-7-16-9/h2-5,7,13H,6H2,1H3,(H,14,16)(H,15,18). The number of H-pyrrole nitrogens is 1. The highest BCUT2D eigenvalue weighted by Gasteiger charge is 2.20. The molecule has 0 aliphatic heterocycles. The van der Waals surface area contributed by atoms with Crippen molar-refractivity contribution in [3.05, 3.63) is 52.1 Å². The van der Waals surface area contributed by atoms with E-state index in [1.165, 1.54) is 18.5 Å². The van der Waals surface area contributed by atoms with Gasteiger partial charge in [0, 0.05) is 25.0 Å². The number of nitro benzene ring substituents is 1. The molecule has 0 spiro atoms. The summed E-state index contributed by atoms with van der Waals surface area (Å²) in [4.78, 5) is 29.1. The largest absolute Gasteiger partial charge is 0.388 e. The van der Waals surface area contributed by atoms with E-state index in [0.717, 1.165) is 0 Å². The van der Waals surface area contributed by atoms with Crippen molar-refractivity contribution in [2.24, 2.45) is 0 Å². The van der Waals surface area contributed by atoms with Gasteiger partial charge >= 0.3 is 0 Å². The van der Waals surface area contributed by atoms with Gasteiger partial charge in [-0.3, -0.25) is 14.9 Å². The van der Waals surface area contributed by atoms with Crippen molar-refractivity contribution in [2.75, 3.05) is 12.4 Å². The van der Waals surface area contributed by atoms with Crippen LogP contribution in [0.1, 0.15) is 16.1 Å². The van der Waals surface area contributed by atoms with E-state index < -0.39 is 10.8 Å². The maximum Gasteiger partial charge on any atom is 0.282 e. The van der Waals surface area contributed by atoms with E-state index in [1.54, 1.807) is 19.3 Å². The van der Waals surface area contributed by atoms with Gasteiger partial charge in [0.1, 0.15) is 5.56 Å². The third-order valence-electron chi connectivity index (χ3n) is 2.72. The maximum absolute atomic E-state index is 12.1. The zero-order chi connectivity index (χ0) is 14.5. The third-order valence-corrected chi connectivity index (χ3v) is 2.72. The molecule has 1 amide bonds. The normalized spacial score (nSPS) is 10.1. The van der Waals surface area contributed by atoms with E-state index in [-0.39, 0.29) is 17.8 Å². The number of amides is 1. The van der Waals surface area contributed by atoms with Gasteiger partial charge in [0.15, 0.2) is 0 Å². The summed E-state index contributed by atoms with van der Waals surface area (Å²) in [7, 11) is 1.67. The van der Waals surface area contributed by atoms with Crippen molar-refractivity contribution in [2.45, 2.75) is 6.54 Å². The van der Waals surface area contributed by atoms with Crippen LogP contribution in [-0.2, 0) is 6.54 Å². The smallest absolute Gasteiger partial charge is 0.282 e. The van der Waals surface area contributed by atoms with Crippen molar-refractivity contribution in [1.29, 1.82) is 0 Å². The predicted octanol–water partition coefficient (Wildman–Crippen LogP) is 1.29. The number of rotatable bonds is 5. The van der Waals surface area contributed by atoms with Gasteiger partial charge in [-0.15, -0.1) is 0 Å². The minimum absolute atomic E-state index is 0.0152. The molecule has 0 atom stereocenters. The number of carbonyl (C=O) groups excluding carboxylic acids is 1. The van der Waals surface area contributed by atoms with Crippen LogP contribution >= 0.6 is 0 Å². The van der Waals surface area contributed by atoms with Crippen LogP contribution in [0.3, 0.4) is 0 Å². The van der Waals surface area contributed by atoms with Gasteiger partial charge in [-0.25, -0.2) is 4.98 Å². The molecule has 2 aromatic rings. The Morgan fingerprint density at radius 2 is 2.30 bits per heavy atom. The van der Waals surface area contributed by atoms with Gasteiger partial charge in [-0.1, -0.05) is 0 Å². The van der Waals surface area contributed by atoms with E-state index in [9.17, 15) is 14.9 Å². The summed E-state index contributed by atoms with van der Waals surface area (Å²) < 4.78 is 0. The molecular formula is C12H13N5O3. The summed E-state index contributed by atoms with van der Waals surface area (Å²) >= 11 is 0. The molecule has 1 aromatic heterocycles. The molecule has 8 heteroatoms. The van der Waals surface area contributed by atoms with Crippen LogP contribution in [0.4, 0.5) is 11.4 Å². The summed E-state index contributed by atoms with van der Waals surface area (Å²) in [5.74, 6) is -0.511. The molecule has 0 unspecified atom stereocenters. The third kappa shape index (κ3) is 2.91. The monoisotopic (exact) mass is 275 g/mol. The Hall–Kier alpha value is -2.90. The van der Waals surface area contributed by atoms with Gasteiger partial charge < -0.3 is 15.6 Å². The molecule has 1 heterocycles. The quantitative estimate of drug-likeness (QED) is 0.562. The Kier molecular flexibility index (Phi) is 3.94. The number of carbonyl (C=O) groups is 1. The van der Waals surface area contributed by atoms with Crippen LogP contribution in [0, 0.1) is 10.1 Å². The molecule has 104 valence electrons. The van der Waals surface area contributed by atoms with E-state index >= 15 is 0 Å². The fourth-order valence-electron chi connectivity index (χ4n) is 1.68. The lowest BCUT2D eigenvalue weighted by atomic mass is 10.1. The highest BCUT2D eigenvalue weighted by atomic mass is 16.6. The van der Waals surface area contributed by atoms with Crippen molar-refractivity contribution < 1.29 is 9.72 Å². The van der Waals surface area contributed by atoms with Crippen molar-refractivity contribution >= 4 is 17.3 Å². The zero-order valence-corrected chi connectivity index (χ0v) is 10.7. The highest BCUT2D eigenvalue weighted by molar-refractivity contribution is 5.99. The van der Waals surface area contributed by atoms with Gasteiger partial charge in [0.25, 0.3) is 11.6 Å². The number of nitro groups is 1. The van der Waals surface area contributed by atoms with Crippen LogP contribution in [0.15, 0.2) is 30.7 Å². The lowest BCUT2D eigenvalue weighted by Crippen LogP contribution is -2.24. The van der Waals surface area contributed by atoms with E-state index in [4.69, 9.17) is 0 Å². The van der Waals surface area contributed by atoms with Crippen LogP contribution in [-0.4, -0.2) is 27.8 Å². The SMILES string of the molecule is CNc1ccc([N+](=O)[O-])c(C(=O)NCc2cnc[nH]2)c1. The predicted molar refractivity (Wildman–Crippen MR) is 72.4 cm³/mol. The first-order valence-electron chi connectivity index (χ1n) is 5.83. The molecule has 0 aliphatic carbocycles. The number of anilines is 1. The molecule has 0 saturated carbocycles. The molecule has 2 rings (SSSR count). The Balaban J connectivity index is 2.20. The summed E-state index contributed by atoms with van der Waals surface area (Å²) in [6.07, 6.45) is 3.06. The van der Waals surface area contributed by atoms with Crippen molar-refractivity contribution in [3.63, 3.8) is 0 Å². The van der Waals surface area contributed by atoms with Crippen molar-refractivity contribution in [3.8, 4) is 0 Å². The first-order chi connectivity index (χ1) is 9.61. The van der Waals surface area contributed by atoms with E-state index in [0.29, 0.717) is 11.4 Å². The molecule has 8 nitrogen and oxygen atoms in total. The summed E-state index contributed by atoms with van der Waals surface area (Å²) in [6, 6.07) is 4.29. The second-order valence-electron chi connectivity index (χ2n) is 4.00. The summed E-state index contributed by atoms with van der Waals surface area (Å²) in [5.41, 5.74) is 1.13. The van der Waals surface area contributed by atoms with Gasteiger partial charge in [0.2, 0.25) is 0 Å². The number of aromatic amines is 1. The first-order valence-corrected chi connectivity index (χ1v) is 5.83. The number of hydrogen-bond donors (Lipinski definition) is 3. The fourth-order valence-corrected chi connectivity index (χ4v) is 1.68. The van der Waals surface area contributed by atoms with Crippen LogP contribution in [0.25, 0.3) is 0 Å². The zero-order valence-electron chi connectivity index (χ0n) is 10.7. The minimum Gasteiger partial charge on any atom is -0.388 e. The minimum atomic E-state index is -0.579. The van der Waals surface area contributed by atoms with Gasteiger partial charge in [-0.2, -0.15) is 0 Å². The average Bonchev–Trinajstić information content (AvgIpc) is 2.97. The van der Waals surface area contributed by atoms with Crippen molar-refractivity contribution in [1.82, 2.24) is 15.3 Å². The molecule has 1 aromatic carbocycles. The summed E-state index contributed by atoms with van der Waals surface area (Å²) in [5, 5.41) is 16.4. The summed E-state index contributed by atoms with van der Waals surface area (Å²) in [6.45, 7) is 0.222. The second kappa shape index (κ2) is 5.83. The molecule has 0 bridgehead atoms. The topological polar surface area (TPSA) is 113 Å². The number of imidazole rings is 1. The fraction of sp³-hybridized carbons (Fsp3) is 0.167. The number of aromatic nitrogens is 2. The maximum atomic E-state index is 12.1. The number of hydrogen-bond acceptors (Lipinski definition) is 5. The Morgan fingerprint density at radius 3 is 2.90 bits per heavy atom. The Labute approximate surface area is 114 Å². The first kappa shape index (κ1) is 13.5. The molecule has 0 aliphatic rings. The molecular weight excluding hydrogens is 262 g/mol. The molecule has 20 heavy (non-hydrogen) atoms. The van der Waals surface area contributed by atoms with Crippen LogP contribution < -0.4 is 10.6 Å². The van der Waals surface area contributed by atoms with Gasteiger partial charge in [0.05, 0.1) is 23.5 Å². The number of benzene rings is 1. The second-order valence-corrected chi connectivity index (χ2v) is 4.00. The molecule has 0 radical (unpaired) electrons. The van der Waals surface area contributed by atoms with E-state index in [2.05, 4.69) is 20.6 Å². The van der Waals surface area contributed by atoms with Gasteiger partial charge in [-0.05, 0) is 12.1 Å². The highest BCUT2D eigenvalue weighted by Crippen LogP contribution is 2.22. The Morgan fingerprint density at radius 1 is 1.50 bits per heavy atom. The number of nitrogens with zero attached hydrogens (tertiary/aromatic N) is 2. The van der Waals surface area contributed by atoms with Crippen LogP contribution in [0.5, 0.6) is 0 Å². The van der Waals surface area contributed by atoms with Crippen LogP contribution in [0.2, 0.25) is 0 Å². The molecule has 0 saturated heterocycles. The average molecular weight is 275 g/mol. The van der Waals surface area contributed by atoms with E-state index in [1.807, 2.05) is 0 Å². The number of nitrogens with one attached hydrogen (secondary N) is 3. The lowest BCUT2D eigenvalue weighted by molar-refractivity contribution is -0.385. The Bertz CT molecular complexity index is 624. The molecule has 0 fully saturated rings. The molecule has 3 N–H and O–H groups in total. The lowest BCUT2D eigenvalue weighted by Gasteiger charge is -2.07.